The SMILES string of the molecule is COC[C@H]1CN[C@H](C)CN1CC(=O)N1CC(C)(C)c2ncc(Cc3ccccc3OCCOCCOCCN[C@H](C)c3ccc(C(=O)Nc4ccncc4)cc3)cc21. The summed E-state index contributed by atoms with van der Waals surface area (Å²) in [6.07, 6.45) is 5.85. The average Bonchev–Trinajstić information content (AvgIpc) is 3.50. The number of rotatable bonds is 20. The van der Waals surface area contributed by atoms with Crippen molar-refractivity contribution in [3.05, 3.63) is 113 Å². The third kappa shape index (κ3) is 11.7. The Balaban J connectivity index is 0.899. The lowest BCUT2D eigenvalue weighted by atomic mass is 9.91. The number of methoxy groups -OCH3 is 1. The maximum atomic E-state index is 13.9. The summed E-state index contributed by atoms with van der Waals surface area (Å²) in [5.41, 5.74) is 6.07. The third-order valence-corrected chi connectivity index (χ3v) is 10.7. The fourth-order valence-corrected chi connectivity index (χ4v) is 7.51. The molecule has 2 amide bonds. The van der Waals surface area contributed by atoms with Crippen LogP contribution in [0.3, 0.4) is 0 Å². The number of carbonyl (C=O) groups is 2. The van der Waals surface area contributed by atoms with Gasteiger partial charge in [-0.1, -0.05) is 44.2 Å². The number of aromatic nitrogens is 2. The minimum absolute atomic E-state index is 0.0887. The van der Waals surface area contributed by atoms with E-state index in [0.29, 0.717) is 83.0 Å². The van der Waals surface area contributed by atoms with Crippen molar-refractivity contribution in [2.45, 2.75) is 57.7 Å². The maximum absolute atomic E-state index is 13.9. The van der Waals surface area contributed by atoms with Gasteiger partial charge in [-0.3, -0.25) is 24.5 Å². The molecule has 2 aliphatic rings. The van der Waals surface area contributed by atoms with E-state index in [4.69, 9.17) is 23.9 Å². The smallest absolute Gasteiger partial charge is 0.255 e. The van der Waals surface area contributed by atoms with Gasteiger partial charge in [0.2, 0.25) is 5.91 Å². The standard InChI is InChI=1S/C45H59N7O6/c1-32-28-51(39(27-48-32)30-55-5)29-42(53)52-31-45(3,4)43-40(52)25-34(26-49-43)24-37-8-6-7-9-41(37)58-23-22-57-21-20-56-19-18-47-33(2)35-10-12-36(13-11-35)44(54)50-38-14-16-46-17-15-38/h6-17,25-26,32-33,39,47-48H,18-24,27-31H2,1-5H3,(H,46,50,54)/t32-,33-,39-/m1/s1. The van der Waals surface area contributed by atoms with Gasteiger partial charge in [-0.2, -0.15) is 0 Å². The summed E-state index contributed by atoms with van der Waals surface area (Å²) in [5.74, 6) is 0.733. The van der Waals surface area contributed by atoms with Crippen molar-refractivity contribution >= 4 is 23.2 Å². The Morgan fingerprint density at radius 3 is 2.50 bits per heavy atom. The van der Waals surface area contributed by atoms with Crippen molar-refractivity contribution in [2.75, 3.05) is 89.7 Å². The zero-order valence-corrected chi connectivity index (χ0v) is 34.5. The first-order valence-corrected chi connectivity index (χ1v) is 20.3. The summed E-state index contributed by atoms with van der Waals surface area (Å²) < 4.78 is 23.2. The summed E-state index contributed by atoms with van der Waals surface area (Å²) in [5, 5.41) is 9.84. The minimum atomic E-state index is -0.244. The van der Waals surface area contributed by atoms with Gasteiger partial charge in [0.25, 0.3) is 5.91 Å². The molecule has 3 N–H and O–H groups in total. The first-order chi connectivity index (χ1) is 28.1. The van der Waals surface area contributed by atoms with Crippen molar-refractivity contribution in [1.29, 1.82) is 0 Å². The van der Waals surface area contributed by atoms with Gasteiger partial charge in [-0.25, -0.2) is 0 Å². The van der Waals surface area contributed by atoms with E-state index in [0.717, 1.165) is 46.9 Å². The molecule has 58 heavy (non-hydrogen) atoms. The lowest BCUT2D eigenvalue weighted by molar-refractivity contribution is -0.121. The molecule has 4 aromatic rings. The fraction of sp³-hybridized carbons (Fsp3) is 0.467. The van der Waals surface area contributed by atoms with E-state index in [9.17, 15) is 9.59 Å². The number of anilines is 2. The molecular weight excluding hydrogens is 735 g/mol. The molecule has 6 rings (SSSR count). The number of fused-ring (bicyclic) bond motifs is 1. The van der Waals surface area contributed by atoms with E-state index in [-0.39, 0.29) is 29.3 Å². The molecule has 310 valence electrons. The molecule has 3 atom stereocenters. The monoisotopic (exact) mass is 793 g/mol. The number of carbonyl (C=O) groups excluding carboxylic acids is 2. The Kier molecular flexibility index (Phi) is 15.3. The zero-order valence-electron chi connectivity index (χ0n) is 34.5. The molecule has 0 unspecified atom stereocenters. The second-order valence-electron chi connectivity index (χ2n) is 15.8. The van der Waals surface area contributed by atoms with Crippen molar-refractivity contribution in [3.8, 4) is 5.75 Å². The van der Waals surface area contributed by atoms with Gasteiger partial charge in [0.05, 0.1) is 51.0 Å². The van der Waals surface area contributed by atoms with E-state index >= 15 is 0 Å². The predicted molar refractivity (Wildman–Crippen MR) is 226 cm³/mol. The van der Waals surface area contributed by atoms with Gasteiger partial charge < -0.3 is 39.8 Å². The molecule has 0 saturated carbocycles. The van der Waals surface area contributed by atoms with Crippen LogP contribution in [0.1, 0.15) is 66.5 Å². The first-order valence-electron chi connectivity index (χ1n) is 20.3. The topological polar surface area (TPSA) is 139 Å². The van der Waals surface area contributed by atoms with Crippen LogP contribution in [0.4, 0.5) is 11.4 Å². The average molecular weight is 794 g/mol. The molecule has 4 heterocycles. The lowest BCUT2D eigenvalue weighted by Crippen LogP contribution is -2.59. The Morgan fingerprint density at radius 2 is 1.72 bits per heavy atom. The minimum Gasteiger partial charge on any atom is -0.491 e. The summed E-state index contributed by atoms with van der Waals surface area (Å²) >= 11 is 0. The van der Waals surface area contributed by atoms with E-state index in [1.54, 1.807) is 31.6 Å². The van der Waals surface area contributed by atoms with E-state index in [2.05, 4.69) is 65.7 Å². The highest BCUT2D eigenvalue weighted by molar-refractivity contribution is 6.04. The molecule has 2 aromatic heterocycles. The Labute approximate surface area is 342 Å². The number of hydrogen-bond donors (Lipinski definition) is 3. The largest absolute Gasteiger partial charge is 0.491 e. The van der Waals surface area contributed by atoms with Crippen molar-refractivity contribution in [1.82, 2.24) is 25.5 Å². The maximum Gasteiger partial charge on any atom is 0.255 e. The normalized spacial score (nSPS) is 18.1. The number of piperazine rings is 1. The second kappa shape index (κ2) is 20.8. The summed E-state index contributed by atoms with van der Waals surface area (Å²) in [6.45, 7) is 14.7. The third-order valence-electron chi connectivity index (χ3n) is 10.7. The van der Waals surface area contributed by atoms with E-state index < -0.39 is 0 Å². The van der Waals surface area contributed by atoms with Crippen LogP contribution in [0, 0.1) is 0 Å². The Morgan fingerprint density at radius 1 is 0.983 bits per heavy atom. The zero-order chi connectivity index (χ0) is 40.9. The number of amides is 2. The molecule has 1 fully saturated rings. The molecule has 2 aromatic carbocycles. The van der Waals surface area contributed by atoms with Crippen LogP contribution in [0.2, 0.25) is 0 Å². The second-order valence-corrected chi connectivity index (χ2v) is 15.8. The molecule has 13 nitrogen and oxygen atoms in total. The van der Waals surface area contributed by atoms with Gasteiger partial charge >= 0.3 is 0 Å². The molecule has 1 saturated heterocycles. The summed E-state index contributed by atoms with van der Waals surface area (Å²) in [7, 11) is 1.71. The van der Waals surface area contributed by atoms with Crippen LogP contribution in [-0.2, 0) is 30.8 Å². The van der Waals surface area contributed by atoms with Gasteiger partial charge in [0.1, 0.15) is 12.4 Å². The Bertz CT molecular complexity index is 1930. The van der Waals surface area contributed by atoms with Crippen molar-refractivity contribution in [3.63, 3.8) is 0 Å². The molecule has 0 aliphatic carbocycles. The number of ether oxygens (including phenoxy) is 4. The quantitative estimate of drug-likeness (QED) is 0.104. The number of nitrogens with zero attached hydrogens (tertiary/aromatic N) is 4. The lowest BCUT2D eigenvalue weighted by Gasteiger charge is -2.39. The fourth-order valence-electron chi connectivity index (χ4n) is 7.51. The van der Waals surface area contributed by atoms with E-state index in [1.165, 1.54) is 0 Å². The van der Waals surface area contributed by atoms with Crippen molar-refractivity contribution in [2.24, 2.45) is 0 Å². The molecular formula is C45H59N7O6. The predicted octanol–water partition coefficient (Wildman–Crippen LogP) is 5.02. The van der Waals surface area contributed by atoms with Gasteiger partial charge in [-0.15, -0.1) is 0 Å². The molecule has 0 spiro atoms. The summed E-state index contributed by atoms with van der Waals surface area (Å²) in [6, 6.07) is 21.8. The van der Waals surface area contributed by atoms with Crippen LogP contribution in [0.5, 0.6) is 5.75 Å². The highest BCUT2D eigenvalue weighted by atomic mass is 16.5. The van der Waals surface area contributed by atoms with Crippen LogP contribution in [0.25, 0.3) is 0 Å². The van der Waals surface area contributed by atoms with Crippen LogP contribution < -0.4 is 25.6 Å². The summed E-state index contributed by atoms with van der Waals surface area (Å²) in [4.78, 5) is 39.5. The molecule has 0 bridgehead atoms. The highest BCUT2D eigenvalue weighted by Gasteiger charge is 2.40. The number of para-hydroxylation sites is 1. The number of hydrogen-bond acceptors (Lipinski definition) is 11. The molecule has 0 radical (unpaired) electrons. The van der Waals surface area contributed by atoms with Gasteiger partial charge in [0.15, 0.2) is 0 Å². The Hall–Kier alpha value is -4.76. The number of pyridine rings is 2. The first kappa shape index (κ1) is 42.8. The van der Waals surface area contributed by atoms with Gasteiger partial charge in [-0.05, 0) is 66.9 Å². The molecule has 13 heteroatoms. The van der Waals surface area contributed by atoms with Crippen LogP contribution in [0.15, 0.2) is 85.3 Å². The van der Waals surface area contributed by atoms with Gasteiger partial charge in [0, 0.05) is 93.1 Å². The number of nitrogens with one attached hydrogen (secondary N) is 3. The van der Waals surface area contributed by atoms with E-state index in [1.807, 2.05) is 53.6 Å². The van der Waals surface area contributed by atoms with Crippen LogP contribution in [-0.4, -0.2) is 118 Å². The highest BCUT2D eigenvalue weighted by Crippen LogP contribution is 2.40. The van der Waals surface area contributed by atoms with Crippen LogP contribution >= 0.6 is 0 Å². The molecule has 2 aliphatic heterocycles. The number of benzene rings is 2. The van der Waals surface area contributed by atoms with Crippen molar-refractivity contribution < 1.29 is 28.5 Å².